The molecule has 12 atom stereocenters. The average Bonchev–Trinajstić information content (AvgIpc) is 3.00. The van der Waals surface area contributed by atoms with E-state index in [0.717, 1.165) is 35.5 Å². The summed E-state index contributed by atoms with van der Waals surface area (Å²) in [6.07, 6.45) is -20.9. The van der Waals surface area contributed by atoms with Crippen LogP contribution in [0.3, 0.4) is 0 Å². The monoisotopic (exact) mass is 913 g/mol. The summed E-state index contributed by atoms with van der Waals surface area (Å²) in [6.45, 7) is -0.927. The van der Waals surface area contributed by atoms with Crippen molar-refractivity contribution in [1.29, 1.82) is 0 Å². The Labute approximate surface area is 313 Å². The van der Waals surface area contributed by atoms with Crippen molar-refractivity contribution in [1.82, 2.24) is 4.90 Å². The number of nitrogens with zero attached hydrogens (tertiary/aromatic N) is 1. The molecule has 0 spiro atoms. The molecule has 0 amide bonds. The lowest BCUT2D eigenvalue weighted by Crippen LogP contribution is -2.67. The molecule has 2 aliphatic rings. The molecule has 2 rings (SSSR count). The highest BCUT2D eigenvalue weighted by molar-refractivity contribution is 7.47. The smallest absolute Gasteiger partial charge is 0.376 e. The molecule has 0 heterocycles. The topological polar surface area (TPSA) is 402 Å². The molecule has 0 saturated heterocycles. The van der Waals surface area contributed by atoms with Crippen molar-refractivity contribution in [2.24, 2.45) is 0 Å². The van der Waals surface area contributed by atoms with Gasteiger partial charge >= 0.3 is 39.1 Å². The zero-order valence-corrected chi connectivity index (χ0v) is 34.3. The van der Waals surface area contributed by atoms with Gasteiger partial charge in [0, 0.05) is 48.6 Å². The first-order chi connectivity index (χ1) is 25.1. The van der Waals surface area contributed by atoms with E-state index >= 15 is 0 Å². The van der Waals surface area contributed by atoms with E-state index in [-0.39, 0.29) is 19.7 Å². The van der Waals surface area contributed by atoms with Gasteiger partial charge in [-0.2, -0.15) is 0 Å². The largest absolute Gasteiger partial charge is 0.470 e. The van der Waals surface area contributed by atoms with E-state index in [1.807, 2.05) is 0 Å². The Balaban J connectivity index is 2.34. The van der Waals surface area contributed by atoms with Crippen LogP contribution in [0.25, 0.3) is 0 Å². The molecular formula is C22H48NO27P5. The lowest BCUT2D eigenvalue weighted by atomic mass is 9.84. The summed E-state index contributed by atoms with van der Waals surface area (Å²) in [6, 6.07) is 0. The van der Waals surface area contributed by atoms with Crippen LogP contribution in [0.1, 0.15) is 0 Å². The summed E-state index contributed by atoms with van der Waals surface area (Å²) in [7, 11) is -20.3. The number of rotatable bonds is 23. The van der Waals surface area contributed by atoms with Crippen molar-refractivity contribution < 1.29 is 128 Å². The van der Waals surface area contributed by atoms with Crippen molar-refractivity contribution in [2.75, 3.05) is 68.9 Å². The molecule has 2 saturated carbocycles. The van der Waals surface area contributed by atoms with Crippen molar-refractivity contribution in [3.05, 3.63) is 0 Å². The van der Waals surface area contributed by atoms with Gasteiger partial charge in [0.25, 0.3) is 0 Å². The number of likely N-dealkylation sites (N-methyl/N-ethyl adjacent to an activating group) is 1. The average molecular weight is 913 g/mol. The fraction of sp³-hybridized carbons (Fsp3) is 1.00. The van der Waals surface area contributed by atoms with Gasteiger partial charge in [-0.25, -0.2) is 22.8 Å². The molecule has 2 unspecified atom stereocenters. The Morgan fingerprint density at radius 2 is 0.545 bits per heavy atom. The van der Waals surface area contributed by atoms with Crippen molar-refractivity contribution >= 4 is 39.1 Å². The SMILES string of the molecule is COC1[C@@H](OP(=O)(O)O)[C@H](OC)C(OCCN(C)CCO[C@H]2[C@@H](OP(=O)(O)O)[C@H](OC)[C@@H](OC)[C@H](OP(=O)(O)O)[C@H]2OP(=O)(O)O)[C@H](OC)[C@H]1OP(=O)(O)O. The number of methoxy groups -OCH3 is 5. The second-order valence-electron chi connectivity index (χ2n) is 11.8. The number of phosphoric ester groups is 5. The summed E-state index contributed by atoms with van der Waals surface area (Å²) < 4.78 is 122. The third-order valence-corrected chi connectivity index (χ3v) is 10.7. The molecule has 0 aliphatic heterocycles. The predicted molar refractivity (Wildman–Crippen MR) is 176 cm³/mol. The van der Waals surface area contributed by atoms with E-state index in [1.54, 1.807) is 0 Å². The molecule has 33 heteroatoms. The summed E-state index contributed by atoms with van der Waals surface area (Å²) in [4.78, 5) is 97.4. The molecule has 0 aromatic rings. The zero-order valence-electron chi connectivity index (χ0n) is 29.9. The minimum Gasteiger partial charge on any atom is -0.376 e. The molecule has 28 nitrogen and oxygen atoms in total. The molecule has 328 valence electrons. The molecule has 2 fully saturated rings. The fourth-order valence-electron chi connectivity index (χ4n) is 6.16. The van der Waals surface area contributed by atoms with Gasteiger partial charge in [0.1, 0.15) is 73.2 Å². The van der Waals surface area contributed by atoms with Crippen LogP contribution >= 0.6 is 39.1 Å². The summed E-state index contributed by atoms with van der Waals surface area (Å²) in [5.41, 5.74) is 0. The minimum atomic E-state index is -5.57. The Morgan fingerprint density at radius 1 is 0.364 bits per heavy atom. The molecule has 2 aliphatic carbocycles. The van der Waals surface area contributed by atoms with E-state index in [1.165, 1.54) is 11.9 Å². The molecular weight excluding hydrogens is 865 g/mol. The zero-order chi connectivity index (χ0) is 42.3. The van der Waals surface area contributed by atoms with E-state index in [2.05, 4.69) is 0 Å². The first-order valence-electron chi connectivity index (χ1n) is 15.4. The van der Waals surface area contributed by atoms with Gasteiger partial charge in [-0.05, 0) is 7.05 Å². The van der Waals surface area contributed by atoms with Gasteiger partial charge < -0.3 is 87.0 Å². The number of phosphoric acid groups is 5. The fourth-order valence-corrected chi connectivity index (χ4v) is 8.94. The Morgan fingerprint density at radius 3 is 0.800 bits per heavy atom. The van der Waals surface area contributed by atoms with Gasteiger partial charge in [0.15, 0.2) is 0 Å². The Kier molecular flexibility index (Phi) is 19.8. The van der Waals surface area contributed by atoms with Crippen molar-refractivity contribution in [3.8, 4) is 0 Å². The van der Waals surface area contributed by atoms with E-state index in [0.29, 0.717) is 0 Å². The third kappa shape index (κ3) is 16.3. The highest BCUT2D eigenvalue weighted by Crippen LogP contribution is 2.51. The van der Waals surface area contributed by atoms with Crippen LogP contribution in [0.4, 0.5) is 0 Å². The lowest BCUT2D eigenvalue weighted by molar-refractivity contribution is -0.246. The van der Waals surface area contributed by atoms with Gasteiger partial charge in [-0.1, -0.05) is 0 Å². The van der Waals surface area contributed by atoms with Crippen LogP contribution in [-0.4, -0.2) is 196 Å². The quantitative estimate of drug-likeness (QED) is 0.0462. The van der Waals surface area contributed by atoms with Gasteiger partial charge in [-0.15, -0.1) is 0 Å². The molecule has 10 N–H and O–H groups in total. The highest BCUT2D eigenvalue weighted by atomic mass is 31.2. The molecule has 0 aromatic heterocycles. The third-order valence-electron chi connectivity index (χ3n) is 8.11. The lowest BCUT2D eigenvalue weighted by Gasteiger charge is -2.48. The van der Waals surface area contributed by atoms with Crippen LogP contribution in [0.2, 0.25) is 0 Å². The normalized spacial score (nSPS) is 33.0. The highest BCUT2D eigenvalue weighted by Gasteiger charge is 2.59. The summed E-state index contributed by atoms with van der Waals surface area (Å²) in [5, 5.41) is 0. The minimum absolute atomic E-state index is 0.0413. The Hall–Kier alpha value is 0.230. The van der Waals surface area contributed by atoms with Crippen LogP contribution in [-0.2, 0) is 78.6 Å². The van der Waals surface area contributed by atoms with E-state index < -0.39 is 119 Å². The van der Waals surface area contributed by atoms with E-state index in [4.69, 9.17) is 55.8 Å². The van der Waals surface area contributed by atoms with Crippen LogP contribution in [0, 0.1) is 0 Å². The second-order valence-corrected chi connectivity index (χ2v) is 17.7. The molecule has 0 aromatic carbocycles. The maximum atomic E-state index is 12.0. The summed E-state index contributed by atoms with van der Waals surface area (Å²) in [5.74, 6) is 0. The van der Waals surface area contributed by atoms with Gasteiger partial charge in [0.2, 0.25) is 0 Å². The second kappa shape index (κ2) is 21.2. The van der Waals surface area contributed by atoms with Crippen molar-refractivity contribution in [2.45, 2.75) is 73.2 Å². The van der Waals surface area contributed by atoms with Crippen LogP contribution in [0.5, 0.6) is 0 Å². The number of hydrogen-bond acceptors (Lipinski definition) is 18. The number of hydrogen-bond donors (Lipinski definition) is 10. The molecule has 0 radical (unpaired) electrons. The first-order valence-corrected chi connectivity index (χ1v) is 23.0. The standard InChI is InChI=1S/C22H48NO27P5/c1-23(7-9-44-16-13(41-4)18(46-51(24,25)26)15(43-6)19(14(16)42-5)47-52(27,28)29)8-10-45-17-20(48-53(30,31)32)11(39-2)12(40-3)21(49-54(33,34)35)22(17)50-55(36,37)38/h11-22H,7-10H2,1-6H3,(H2,24,25,26)(H2,27,28,29)(H2,30,31,32)(H2,33,34,35)(H2,36,37,38)/t11-,12-,13-,14+,15?,16?,17+,18+,19-,20+,21+,22+/m1/s1. The summed E-state index contributed by atoms with van der Waals surface area (Å²) >= 11 is 0. The van der Waals surface area contributed by atoms with E-state index in [9.17, 15) is 71.8 Å². The molecule has 0 bridgehead atoms. The number of ether oxygens (including phenoxy) is 7. The Bertz CT molecular complexity index is 1390. The predicted octanol–water partition coefficient (Wildman–Crippen LogP) is -2.82. The van der Waals surface area contributed by atoms with Crippen molar-refractivity contribution in [3.63, 3.8) is 0 Å². The van der Waals surface area contributed by atoms with Gasteiger partial charge in [-0.3, -0.25) is 22.6 Å². The first kappa shape index (κ1) is 51.4. The molecule has 55 heavy (non-hydrogen) atoms. The van der Waals surface area contributed by atoms with Crippen LogP contribution < -0.4 is 0 Å². The maximum absolute atomic E-state index is 12.0. The van der Waals surface area contributed by atoms with Crippen LogP contribution in [0.15, 0.2) is 0 Å². The maximum Gasteiger partial charge on any atom is 0.470 e. The van der Waals surface area contributed by atoms with Gasteiger partial charge in [0.05, 0.1) is 13.2 Å².